The molecule has 2 aromatic carbocycles. The summed E-state index contributed by atoms with van der Waals surface area (Å²) >= 11 is 0. The smallest absolute Gasteiger partial charge is 0.272 e. The van der Waals surface area contributed by atoms with Crippen molar-refractivity contribution >= 4 is 28.1 Å². The van der Waals surface area contributed by atoms with E-state index in [9.17, 15) is 9.59 Å². The molecule has 5 rings (SSSR count). The number of fused-ring (bicyclic) bond motifs is 2. The number of amides is 1. The number of nitrogens with two attached hydrogens (primary N) is 1. The lowest BCUT2D eigenvalue weighted by Gasteiger charge is -2.20. The van der Waals surface area contributed by atoms with Crippen molar-refractivity contribution in [2.45, 2.75) is 18.9 Å². The summed E-state index contributed by atoms with van der Waals surface area (Å²) in [5.41, 5.74) is 8.83. The number of aromatic amines is 1. The molecule has 30 heavy (non-hydrogen) atoms. The number of carbonyl (C=O) groups excluding carboxylic acids is 1. The fraction of sp³-hybridized carbons (Fsp3) is 0.130. The molecule has 0 radical (unpaired) electrons. The summed E-state index contributed by atoms with van der Waals surface area (Å²) in [6, 6.07) is 16.8. The summed E-state index contributed by atoms with van der Waals surface area (Å²) in [4.78, 5) is 31.1. The number of hydrogen-bond acceptors (Lipinski definition) is 5. The molecular weight excluding hydrogens is 378 g/mol. The molecule has 3 heterocycles. The van der Waals surface area contributed by atoms with Crippen molar-refractivity contribution in [1.29, 1.82) is 0 Å². The summed E-state index contributed by atoms with van der Waals surface area (Å²) in [5, 5.41) is 8.18. The molecule has 1 aliphatic heterocycles. The van der Waals surface area contributed by atoms with E-state index in [0.29, 0.717) is 17.5 Å². The molecular formula is C23H19N5O2. The zero-order chi connectivity index (χ0) is 20.9. The van der Waals surface area contributed by atoms with Gasteiger partial charge in [-0.2, -0.15) is 5.10 Å². The molecule has 1 aliphatic rings. The lowest BCUT2D eigenvalue weighted by Crippen LogP contribution is -2.43. The maximum atomic E-state index is 13.1. The van der Waals surface area contributed by atoms with Gasteiger partial charge in [0.25, 0.3) is 11.5 Å². The molecule has 0 spiro atoms. The Hall–Kier alpha value is -3.84. The van der Waals surface area contributed by atoms with Gasteiger partial charge in [0.15, 0.2) is 0 Å². The minimum atomic E-state index is -1.09. The largest absolute Gasteiger partial charge is 0.314 e. The fourth-order valence-electron chi connectivity index (χ4n) is 4.01. The number of aromatic nitrogens is 3. The molecule has 2 aromatic heterocycles. The van der Waals surface area contributed by atoms with Gasteiger partial charge in [0.2, 0.25) is 0 Å². The predicted octanol–water partition coefficient (Wildman–Crippen LogP) is 2.76. The first-order valence-electron chi connectivity index (χ1n) is 9.60. The topological polar surface area (TPSA) is 105 Å². The van der Waals surface area contributed by atoms with Gasteiger partial charge in [0, 0.05) is 23.6 Å². The Kier molecular flexibility index (Phi) is 4.01. The number of H-pyrrole nitrogens is 1. The van der Waals surface area contributed by atoms with Crippen LogP contribution in [0.2, 0.25) is 0 Å². The molecule has 0 saturated carbocycles. The van der Waals surface area contributed by atoms with Crippen LogP contribution in [0.1, 0.15) is 23.7 Å². The fourth-order valence-corrected chi connectivity index (χ4v) is 4.01. The van der Waals surface area contributed by atoms with Crippen LogP contribution in [0.15, 0.2) is 71.8 Å². The van der Waals surface area contributed by atoms with Gasteiger partial charge in [0.1, 0.15) is 5.54 Å². The zero-order valence-electron chi connectivity index (χ0n) is 16.3. The number of para-hydroxylation sites is 1. The SMILES string of the molecule is CC1(N)C(=O)N(c2cncc(Cc3n[nH]c(=O)c4ccccc34)c2)c2ccccc21. The second-order valence-electron chi connectivity index (χ2n) is 7.63. The van der Waals surface area contributed by atoms with E-state index in [-0.39, 0.29) is 11.5 Å². The van der Waals surface area contributed by atoms with E-state index in [2.05, 4.69) is 15.2 Å². The number of benzene rings is 2. The molecule has 0 saturated heterocycles. The average Bonchev–Trinajstić information content (AvgIpc) is 2.96. The van der Waals surface area contributed by atoms with Crippen molar-refractivity contribution in [2.75, 3.05) is 4.90 Å². The van der Waals surface area contributed by atoms with Gasteiger partial charge in [0.05, 0.1) is 28.7 Å². The Bertz CT molecular complexity index is 1360. The number of nitrogens with one attached hydrogen (secondary N) is 1. The van der Waals surface area contributed by atoms with Gasteiger partial charge in [-0.3, -0.25) is 19.5 Å². The molecule has 148 valence electrons. The number of nitrogens with zero attached hydrogens (tertiary/aromatic N) is 3. The molecule has 7 nitrogen and oxygen atoms in total. The highest BCUT2D eigenvalue weighted by atomic mass is 16.2. The third kappa shape index (κ3) is 2.71. The second-order valence-corrected chi connectivity index (χ2v) is 7.63. The number of carbonyl (C=O) groups is 1. The summed E-state index contributed by atoms with van der Waals surface area (Å²) in [7, 11) is 0. The summed E-state index contributed by atoms with van der Waals surface area (Å²) < 4.78 is 0. The summed E-state index contributed by atoms with van der Waals surface area (Å²) in [6.07, 6.45) is 3.85. The number of hydrogen-bond donors (Lipinski definition) is 2. The van der Waals surface area contributed by atoms with Gasteiger partial charge in [-0.1, -0.05) is 36.4 Å². The Morgan fingerprint density at radius 3 is 2.60 bits per heavy atom. The molecule has 1 unspecified atom stereocenters. The first-order valence-corrected chi connectivity index (χ1v) is 9.60. The molecule has 3 N–H and O–H groups in total. The minimum absolute atomic E-state index is 0.199. The van der Waals surface area contributed by atoms with Crippen LogP contribution in [0, 0.1) is 0 Å². The Morgan fingerprint density at radius 2 is 1.77 bits per heavy atom. The highest BCUT2D eigenvalue weighted by molar-refractivity contribution is 6.12. The Labute approximate surface area is 172 Å². The van der Waals surface area contributed by atoms with E-state index >= 15 is 0 Å². The van der Waals surface area contributed by atoms with E-state index in [1.54, 1.807) is 30.3 Å². The van der Waals surface area contributed by atoms with Crippen LogP contribution < -0.4 is 16.2 Å². The van der Waals surface area contributed by atoms with Crippen LogP contribution in [0.4, 0.5) is 11.4 Å². The average molecular weight is 397 g/mol. The van der Waals surface area contributed by atoms with Crippen molar-refractivity contribution in [3.63, 3.8) is 0 Å². The number of rotatable bonds is 3. The van der Waals surface area contributed by atoms with Gasteiger partial charge >= 0.3 is 0 Å². The van der Waals surface area contributed by atoms with E-state index in [0.717, 1.165) is 27.9 Å². The Balaban J connectivity index is 1.56. The lowest BCUT2D eigenvalue weighted by molar-refractivity contribution is -0.121. The van der Waals surface area contributed by atoms with Crippen molar-refractivity contribution in [3.05, 3.63) is 94.2 Å². The first kappa shape index (κ1) is 18.2. The molecule has 7 heteroatoms. The van der Waals surface area contributed by atoms with Crippen molar-refractivity contribution in [2.24, 2.45) is 5.73 Å². The van der Waals surface area contributed by atoms with E-state index in [1.807, 2.05) is 48.5 Å². The van der Waals surface area contributed by atoms with E-state index < -0.39 is 5.54 Å². The van der Waals surface area contributed by atoms with Gasteiger partial charge in [-0.05, 0) is 30.7 Å². The zero-order valence-corrected chi connectivity index (χ0v) is 16.3. The molecule has 0 bridgehead atoms. The Morgan fingerprint density at radius 1 is 1.03 bits per heavy atom. The van der Waals surface area contributed by atoms with E-state index in [1.165, 1.54) is 0 Å². The van der Waals surface area contributed by atoms with Crippen molar-refractivity contribution < 1.29 is 4.79 Å². The standard InChI is InChI=1S/C23H19N5O2/c1-23(24)18-8-4-5-9-20(18)28(22(23)30)15-10-14(12-25-13-15)11-19-16-6-2-3-7-17(16)21(29)27-26-19/h2-10,12-13H,11,24H2,1H3,(H,27,29). The first-order chi connectivity index (χ1) is 14.5. The van der Waals surface area contributed by atoms with Gasteiger partial charge < -0.3 is 5.73 Å². The monoisotopic (exact) mass is 397 g/mol. The maximum Gasteiger partial charge on any atom is 0.272 e. The quantitative estimate of drug-likeness (QED) is 0.553. The van der Waals surface area contributed by atoms with Crippen LogP contribution in [0.25, 0.3) is 10.8 Å². The van der Waals surface area contributed by atoms with Crippen LogP contribution >= 0.6 is 0 Å². The predicted molar refractivity (Wildman–Crippen MR) is 115 cm³/mol. The normalized spacial score (nSPS) is 18.1. The summed E-state index contributed by atoms with van der Waals surface area (Å²) in [6.45, 7) is 1.72. The minimum Gasteiger partial charge on any atom is -0.314 e. The van der Waals surface area contributed by atoms with Crippen molar-refractivity contribution in [1.82, 2.24) is 15.2 Å². The highest BCUT2D eigenvalue weighted by Gasteiger charge is 2.45. The van der Waals surface area contributed by atoms with Crippen LogP contribution in [-0.4, -0.2) is 21.1 Å². The molecule has 0 fully saturated rings. The van der Waals surface area contributed by atoms with Crippen LogP contribution in [0.3, 0.4) is 0 Å². The molecule has 4 aromatic rings. The van der Waals surface area contributed by atoms with E-state index in [4.69, 9.17) is 5.73 Å². The number of pyridine rings is 1. The highest BCUT2D eigenvalue weighted by Crippen LogP contribution is 2.42. The summed E-state index contributed by atoms with van der Waals surface area (Å²) in [5.74, 6) is -0.199. The third-order valence-corrected chi connectivity index (χ3v) is 5.54. The van der Waals surface area contributed by atoms with Gasteiger partial charge in [-0.25, -0.2) is 5.10 Å². The van der Waals surface area contributed by atoms with Gasteiger partial charge in [-0.15, -0.1) is 0 Å². The molecule has 0 aliphatic carbocycles. The second kappa shape index (κ2) is 6.60. The van der Waals surface area contributed by atoms with Crippen LogP contribution in [-0.2, 0) is 16.8 Å². The van der Waals surface area contributed by atoms with Crippen LogP contribution in [0.5, 0.6) is 0 Å². The maximum absolute atomic E-state index is 13.1. The third-order valence-electron chi connectivity index (χ3n) is 5.54. The number of anilines is 2. The molecule has 1 atom stereocenters. The lowest BCUT2D eigenvalue weighted by atomic mass is 9.95. The molecule has 1 amide bonds. The van der Waals surface area contributed by atoms with Crippen molar-refractivity contribution in [3.8, 4) is 0 Å².